The van der Waals surface area contributed by atoms with Gasteiger partial charge in [0.1, 0.15) is 5.15 Å². The normalized spacial score (nSPS) is 10.7. The number of halogens is 1. The molecule has 19 heavy (non-hydrogen) atoms. The minimum absolute atomic E-state index is 0.255. The van der Waals surface area contributed by atoms with Crippen LogP contribution >= 0.6 is 11.6 Å². The molecule has 0 unspecified atom stereocenters. The van der Waals surface area contributed by atoms with Gasteiger partial charge in [-0.05, 0) is 18.2 Å². The number of carbonyl (C=O) groups excluding carboxylic acids is 1. The Morgan fingerprint density at radius 1 is 1.37 bits per heavy atom. The van der Waals surface area contributed by atoms with Crippen LogP contribution in [-0.4, -0.2) is 10.9 Å². The van der Waals surface area contributed by atoms with Crippen LogP contribution in [0.2, 0.25) is 5.15 Å². The van der Waals surface area contributed by atoms with Crippen LogP contribution in [0.15, 0.2) is 55.9 Å². The van der Waals surface area contributed by atoms with E-state index < -0.39 is 5.91 Å². The molecular weight excluding hydrogens is 262 g/mol. The standard InChI is InChI=1S/C14H14ClN3O/c1-4-10(14(16)19)9-18(6-3)12-7-8-13(15)17-11(12)5-2/h4-9H,1-3H2,(H2,16,19)/b10-9+. The molecule has 0 aliphatic heterocycles. The highest BCUT2D eigenvalue weighted by atomic mass is 35.5. The van der Waals surface area contributed by atoms with E-state index >= 15 is 0 Å². The molecule has 1 heterocycles. The zero-order valence-corrected chi connectivity index (χ0v) is 11.1. The molecule has 1 aromatic heterocycles. The van der Waals surface area contributed by atoms with Crippen molar-refractivity contribution in [3.8, 4) is 0 Å². The lowest BCUT2D eigenvalue weighted by molar-refractivity contribution is -0.114. The highest BCUT2D eigenvalue weighted by Gasteiger charge is 2.09. The maximum atomic E-state index is 11.2. The first-order chi connectivity index (χ1) is 9.03. The lowest BCUT2D eigenvalue weighted by Gasteiger charge is -2.18. The van der Waals surface area contributed by atoms with E-state index in [0.717, 1.165) is 0 Å². The summed E-state index contributed by atoms with van der Waals surface area (Å²) in [5.74, 6) is -0.580. The van der Waals surface area contributed by atoms with E-state index in [-0.39, 0.29) is 5.57 Å². The third kappa shape index (κ3) is 3.56. The second-order valence-electron chi connectivity index (χ2n) is 3.49. The van der Waals surface area contributed by atoms with Gasteiger partial charge in [-0.2, -0.15) is 0 Å². The fourth-order valence-corrected chi connectivity index (χ4v) is 1.55. The molecule has 0 saturated heterocycles. The molecule has 0 aliphatic carbocycles. The van der Waals surface area contributed by atoms with Crippen molar-refractivity contribution in [2.75, 3.05) is 4.90 Å². The molecule has 1 aromatic rings. The molecule has 0 atom stereocenters. The van der Waals surface area contributed by atoms with Crippen molar-refractivity contribution in [2.24, 2.45) is 5.73 Å². The number of hydrogen-bond acceptors (Lipinski definition) is 3. The van der Waals surface area contributed by atoms with Gasteiger partial charge in [0, 0.05) is 12.4 Å². The van der Waals surface area contributed by atoms with Crippen LogP contribution in [0.1, 0.15) is 5.69 Å². The smallest absolute Gasteiger partial charge is 0.250 e. The van der Waals surface area contributed by atoms with Crippen molar-refractivity contribution in [1.82, 2.24) is 4.98 Å². The van der Waals surface area contributed by atoms with Gasteiger partial charge in [-0.15, -0.1) is 0 Å². The molecule has 1 rings (SSSR count). The van der Waals surface area contributed by atoms with Crippen LogP contribution in [0, 0.1) is 0 Å². The monoisotopic (exact) mass is 275 g/mol. The number of anilines is 1. The number of amides is 1. The average molecular weight is 276 g/mol. The first-order valence-electron chi connectivity index (χ1n) is 5.37. The largest absolute Gasteiger partial charge is 0.366 e. The van der Waals surface area contributed by atoms with Gasteiger partial charge in [-0.1, -0.05) is 37.4 Å². The number of primary amides is 1. The third-order valence-electron chi connectivity index (χ3n) is 2.32. The molecular formula is C14H14ClN3O. The SMILES string of the molecule is C=C/C(=C\N(C=C)c1ccc(Cl)nc1C=C)C(N)=O. The summed E-state index contributed by atoms with van der Waals surface area (Å²) < 4.78 is 0. The fourth-order valence-electron chi connectivity index (χ4n) is 1.40. The summed E-state index contributed by atoms with van der Waals surface area (Å²) in [7, 11) is 0. The number of rotatable bonds is 6. The van der Waals surface area contributed by atoms with Crippen LogP contribution in [0.4, 0.5) is 5.69 Å². The molecule has 1 amide bonds. The van der Waals surface area contributed by atoms with Crippen LogP contribution in [0.3, 0.4) is 0 Å². The van der Waals surface area contributed by atoms with Crippen LogP contribution in [0.25, 0.3) is 6.08 Å². The Hall–Kier alpha value is -2.33. The number of nitrogens with zero attached hydrogens (tertiary/aromatic N) is 2. The summed E-state index contributed by atoms with van der Waals surface area (Å²) in [4.78, 5) is 16.9. The van der Waals surface area contributed by atoms with Gasteiger partial charge >= 0.3 is 0 Å². The molecule has 4 nitrogen and oxygen atoms in total. The first-order valence-corrected chi connectivity index (χ1v) is 5.75. The zero-order chi connectivity index (χ0) is 14.4. The van der Waals surface area contributed by atoms with E-state index in [1.54, 1.807) is 23.1 Å². The minimum atomic E-state index is -0.580. The lowest BCUT2D eigenvalue weighted by Crippen LogP contribution is -2.17. The molecule has 0 spiro atoms. The van der Waals surface area contributed by atoms with Gasteiger partial charge in [0.25, 0.3) is 0 Å². The predicted octanol–water partition coefficient (Wildman–Crippen LogP) is 2.88. The topological polar surface area (TPSA) is 59.2 Å². The second-order valence-corrected chi connectivity index (χ2v) is 3.87. The zero-order valence-electron chi connectivity index (χ0n) is 10.3. The van der Waals surface area contributed by atoms with Gasteiger partial charge in [0.05, 0.1) is 17.0 Å². The fraction of sp³-hybridized carbons (Fsp3) is 0. The Bertz CT molecular complexity index is 564. The Morgan fingerprint density at radius 3 is 2.53 bits per heavy atom. The van der Waals surface area contributed by atoms with Gasteiger partial charge < -0.3 is 10.6 Å². The molecule has 0 saturated carbocycles. The summed E-state index contributed by atoms with van der Waals surface area (Å²) in [6.45, 7) is 10.9. The summed E-state index contributed by atoms with van der Waals surface area (Å²) in [6, 6.07) is 3.37. The van der Waals surface area contributed by atoms with E-state index in [0.29, 0.717) is 16.5 Å². The summed E-state index contributed by atoms with van der Waals surface area (Å²) in [6.07, 6.45) is 5.96. The third-order valence-corrected chi connectivity index (χ3v) is 2.53. The molecule has 0 aliphatic rings. The minimum Gasteiger partial charge on any atom is -0.366 e. The van der Waals surface area contributed by atoms with Gasteiger partial charge in [0.15, 0.2) is 0 Å². The molecule has 0 aromatic carbocycles. The Kier molecular flexibility index (Phi) is 5.09. The van der Waals surface area contributed by atoms with Crippen LogP contribution in [-0.2, 0) is 4.79 Å². The van der Waals surface area contributed by atoms with E-state index in [1.165, 1.54) is 18.5 Å². The lowest BCUT2D eigenvalue weighted by atomic mass is 10.2. The maximum absolute atomic E-state index is 11.2. The van der Waals surface area contributed by atoms with Crippen molar-refractivity contribution in [2.45, 2.75) is 0 Å². The predicted molar refractivity (Wildman–Crippen MR) is 79.5 cm³/mol. The number of pyridine rings is 1. The average Bonchev–Trinajstić information content (AvgIpc) is 2.40. The molecule has 5 heteroatoms. The highest BCUT2D eigenvalue weighted by Crippen LogP contribution is 2.23. The van der Waals surface area contributed by atoms with Crippen molar-refractivity contribution in [1.29, 1.82) is 0 Å². The first kappa shape index (κ1) is 14.7. The molecule has 0 fully saturated rings. The van der Waals surface area contributed by atoms with Gasteiger partial charge in [-0.25, -0.2) is 4.98 Å². The molecule has 98 valence electrons. The molecule has 2 N–H and O–H groups in total. The maximum Gasteiger partial charge on any atom is 0.250 e. The summed E-state index contributed by atoms with van der Waals surface area (Å²) in [5, 5.41) is 0.352. The molecule has 0 radical (unpaired) electrons. The Balaban J connectivity index is 3.31. The number of nitrogens with two attached hydrogens (primary N) is 1. The van der Waals surface area contributed by atoms with Crippen molar-refractivity contribution in [3.05, 3.63) is 66.8 Å². The van der Waals surface area contributed by atoms with Crippen molar-refractivity contribution < 1.29 is 4.79 Å². The van der Waals surface area contributed by atoms with Gasteiger partial charge in [0.2, 0.25) is 5.91 Å². The number of aromatic nitrogens is 1. The van der Waals surface area contributed by atoms with Gasteiger partial charge in [-0.3, -0.25) is 4.79 Å². The highest BCUT2D eigenvalue weighted by molar-refractivity contribution is 6.29. The number of hydrogen-bond donors (Lipinski definition) is 1. The summed E-state index contributed by atoms with van der Waals surface area (Å²) in [5.41, 5.74) is 6.72. The summed E-state index contributed by atoms with van der Waals surface area (Å²) >= 11 is 5.82. The Morgan fingerprint density at radius 2 is 2.05 bits per heavy atom. The van der Waals surface area contributed by atoms with E-state index in [1.807, 2.05) is 0 Å². The Labute approximate surface area is 117 Å². The van der Waals surface area contributed by atoms with Crippen molar-refractivity contribution in [3.63, 3.8) is 0 Å². The molecule has 0 bridgehead atoms. The quantitative estimate of drug-likeness (QED) is 0.493. The van der Waals surface area contributed by atoms with E-state index in [4.69, 9.17) is 17.3 Å². The number of carbonyl (C=O) groups is 1. The van der Waals surface area contributed by atoms with E-state index in [2.05, 4.69) is 24.7 Å². The van der Waals surface area contributed by atoms with Crippen LogP contribution in [0.5, 0.6) is 0 Å². The van der Waals surface area contributed by atoms with E-state index in [9.17, 15) is 4.79 Å². The second kappa shape index (κ2) is 6.56. The van der Waals surface area contributed by atoms with Crippen molar-refractivity contribution >= 4 is 29.3 Å². The van der Waals surface area contributed by atoms with Crippen LogP contribution < -0.4 is 10.6 Å².